The predicted octanol–water partition coefficient (Wildman–Crippen LogP) is 3.94. The summed E-state index contributed by atoms with van der Waals surface area (Å²) in [6.07, 6.45) is 3.05. The number of rotatable bonds is 6. The zero-order valence-corrected chi connectivity index (χ0v) is 14.5. The fraction of sp³-hybridized carbons (Fsp3) is 0.364. The number of Topliss-reactive ketones (excluding diaryl/α,β-unsaturated/α-hetero) is 1. The lowest BCUT2D eigenvalue weighted by molar-refractivity contribution is -0.121. The summed E-state index contributed by atoms with van der Waals surface area (Å²) in [6, 6.07) is 22.8. The number of carbonyl (C=O) groups is 1. The quantitative estimate of drug-likeness (QED) is 0.805. The number of hydrogen-bond donors (Lipinski definition) is 0. The van der Waals surface area contributed by atoms with Crippen LogP contribution in [0.15, 0.2) is 60.7 Å². The Labute approximate surface area is 149 Å². The van der Waals surface area contributed by atoms with Crippen LogP contribution in [0.25, 0.3) is 0 Å². The van der Waals surface area contributed by atoms with Gasteiger partial charge in [-0.3, -0.25) is 4.79 Å². The minimum Gasteiger partial charge on any atom is -0.302 e. The third kappa shape index (κ3) is 3.97. The molecule has 1 aliphatic rings. The molecule has 2 aromatic rings. The molecule has 3 nitrogen and oxygen atoms in total. The van der Waals surface area contributed by atoms with Crippen molar-refractivity contribution < 1.29 is 4.79 Å². The van der Waals surface area contributed by atoms with Gasteiger partial charge in [-0.15, -0.1) is 0 Å². The molecule has 0 unspecified atom stereocenters. The summed E-state index contributed by atoms with van der Waals surface area (Å²) in [5.41, 5.74) is 1.49. The highest BCUT2D eigenvalue weighted by Gasteiger charge is 2.34. The van der Waals surface area contributed by atoms with Crippen molar-refractivity contribution in [3.63, 3.8) is 0 Å². The van der Waals surface area contributed by atoms with E-state index in [1.54, 1.807) is 0 Å². The maximum Gasteiger partial charge on any atom is 0.135 e. The van der Waals surface area contributed by atoms with Gasteiger partial charge in [0.25, 0.3) is 0 Å². The van der Waals surface area contributed by atoms with Gasteiger partial charge in [-0.25, -0.2) is 0 Å². The molecule has 0 amide bonds. The molecule has 1 heterocycles. The number of ketones is 1. The molecule has 3 rings (SSSR count). The summed E-state index contributed by atoms with van der Waals surface area (Å²) >= 11 is 0. The van der Waals surface area contributed by atoms with Crippen LogP contribution in [0.3, 0.4) is 0 Å². The monoisotopic (exact) mass is 332 g/mol. The first kappa shape index (κ1) is 17.4. The zero-order valence-electron chi connectivity index (χ0n) is 14.5. The smallest absolute Gasteiger partial charge is 0.135 e. The van der Waals surface area contributed by atoms with Crippen molar-refractivity contribution in [3.8, 4) is 6.07 Å². The van der Waals surface area contributed by atoms with Gasteiger partial charge < -0.3 is 4.90 Å². The molecule has 0 spiro atoms. The third-order valence-electron chi connectivity index (χ3n) is 5.16. The lowest BCUT2D eigenvalue weighted by Gasteiger charge is -2.30. The van der Waals surface area contributed by atoms with Crippen molar-refractivity contribution >= 4 is 5.78 Å². The van der Waals surface area contributed by atoms with Crippen LogP contribution in [-0.2, 0) is 10.2 Å². The van der Waals surface area contributed by atoms with Crippen molar-refractivity contribution in [1.29, 1.82) is 5.26 Å². The van der Waals surface area contributed by atoms with Crippen LogP contribution in [-0.4, -0.2) is 30.3 Å². The maximum atomic E-state index is 11.4. The maximum absolute atomic E-state index is 11.4. The first-order valence-electron chi connectivity index (χ1n) is 9.01. The SMILES string of the molecule is N#CC(CCCN1CCC(=O)CC1)(c1ccccc1)c1ccccc1. The van der Waals surface area contributed by atoms with Gasteiger partial charge in [0.05, 0.1) is 6.07 Å². The molecule has 0 aliphatic carbocycles. The summed E-state index contributed by atoms with van der Waals surface area (Å²) in [5.74, 6) is 0.371. The number of hydrogen-bond acceptors (Lipinski definition) is 3. The number of nitrogens with zero attached hydrogens (tertiary/aromatic N) is 2. The molecule has 0 atom stereocenters. The predicted molar refractivity (Wildman–Crippen MR) is 99.2 cm³/mol. The average molecular weight is 332 g/mol. The van der Waals surface area contributed by atoms with Gasteiger partial charge in [0.15, 0.2) is 0 Å². The topological polar surface area (TPSA) is 44.1 Å². The second-order valence-corrected chi connectivity index (χ2v) is 6.73. The van der Waals surface area contributed by atoms with Gasteiger partial charge in [-0.2, -0.15) is 5.26 Å². The first-order chi connectivity index (χ1) is 12.2. The summed E-state index contributed by atoms with van der Waals surface area (Å²) in [7, 11) is 0. The fourth-order valence-electron chi connectivity index (χ4n) is 3.68. The average Bonchev–Trinajstić information content (AvgIpc) is 2.68. The normalized spacial score (nSPS) is 15.7. The molecule has 3 heteroatoms. The summed E-state index contributed by atoms with van der Waals surface area (Å²) in [6.45, 7) is 2.65. The Kier molecular flexibility index (Phi) is 5.63. The Morgan fingerprint density at radius 3 is 1.92 bits per heavy atom. The molecule has 1 fully saturated rings. The Hall–Kier alpha value is -2.44. The van der Waals surface area contributed by atoms with Crippen molar-refractivity contribution in [1.82, 2.24) is 4.90 Å². The van der Waals surface area contributed by atoms with E-state index >= 15 is 0 Å². The van der Waals surface area contributed by atoms with Gasteiger partial charge in [0.1, 0.15) is 11.2 Å². The van der Waals surface area contributed by atoms with Crippen LogP contribution in [0.2, 0.25) is 0 Å². The van der Waals surface area contributed by atoms with Crippen LogP contribution < -0.4 is 0 Å². The second kappa shape index (κ2) is 8.09. The molecule has 1 saturated heterocycles. The van der Waals surface area contributed by atoms with E-state index < -0.39 is 5.41 Å². The van der Waals surface area contributed by atoms with Crippen LogP contribution in [0, 0.1) is 11.3 Å². The van der Waals surface area contributed by atoms with Crippen LogP contribution >= 0.6 is 0 Å². The van der Waals surface area contributed by atoms with E-state index in [0.29, 0.717) is 18.6 Å². The van der Waals surface area contributed by atoms with Crippen LogP contribution in [0.5, 0.6) is 0 Å². The summed E-state index contributed by atoms with van der Waals surface area (Å²) in [5, 5.41) is 10.1. The Bertz CT molecular complexity index is 684. The van der Waals surface area contributed by atoms with Crippen molar-refractivity contribution in [3.05, 3.63) is 71.8 Å². The molecule has 0 saturated carbocycles. The van der Waals surface area contributed by atoms with Crippen molar-refractivity contribution in [2.24, 2.45) is 0 Å². The van der Waals surface area contributed by atoms with E-state index in [9.17, 15) is 10.1 Å². The molecule has 2 aromatic carbocycles. The van der Waals surface area contributed by atoms with E-state index in [0.717, 1.165) is 43.6 Å². The number of carbonyl (C=O) groups excluding carboxylic acids is 1. The Balaban J connectivity index is 1.78. The number of nitriles is 1. The fourth-order valence-corrected chi connectivity index (χ4v) is 3.68. The van der Waals surface area contributed by atoms with E-state index in [1.165, 1.54) is 0 Å². The standard InChI is InChI=1S/C22H24N2O/c23-18-22(19-8-3-1-4-9-19,20-10-5-2-6-11-20)14-7-15-24-16-12-21(25)13-17-24/h1-6,8-11H,7,12-17H2. The van der Waals surface area contributed by atoms with Gasteiger partial charge in [0, 0.05) is 25.9 Å². The molecule has 0 aromatic heterocycles. The molecule has 25 heavy (non-hydrogen) atoms. The molecular formula is C22H24N2O. The number of likely N-dealkylation sites (tertiary alicyclic amines) is 1. The lowest BCUT2D eigenvalue weighted by Crippen LogP contribution is -2.35. The van der Waals surface area contributed by atoms with Crippen LogP contribution in [0.4, 0.5) is 0 Å². The van der Waals surface area contributed by atoms with Gasteiger partial charge in [0.2, 0.25) is 0 Å². The van der Waals surface area contributed by atoms with E-state index in [1.807, 2.05) is 36.4 Å². The highest BCUT2D eigenvalue weighted by Crippen LogP contribution is 2.36. The molecular weight excluding hydrogens is 308 g/mol. The largest absolute Gasteiger partial charge is 0.302 e. The lowest BCUT2D eigenvalue weighted by atomic mass is 9.72. The van der Waals surface area contributed by atoms with Gasteiger partial charge >= 0.3 is 0 Å². The highest BCUT2D eigenvalue weighted by molar-refractivity contribution is 5.79. The molecule has 0 bridgehead atoms. The van der Waals surface area contributed by atoms with Crippen molar-refractivity contribution in [2.45, 2.75) is 31.1 Å². The Morgan fingerprint density at radius 1 is 0.920 bits per heavy atom. The molecule has 1 aliphatic heterocycles. The zero-order chi connectivity index (χ0) is 17.5. The highest BCUT2D eigenvalue weighted by atomic mass is 16.1. The van der Waals surface area contributed by atoms with Gasteiger partial charge in [-0.05, 0) is 30.5 Å². The van der Waals surface area contributed by atoms with Gasteiger partial charge in [-0.1, -0.05) is 60.7 Å². The molecule has 0 N–H and O–H groups in total. The van der Waals surface area contributed by atoms with E-state index in [2.05, 4.69) is 35.2 Å². The minimum atomic E-state index is -0.617. The number of piperidine rings is 1. The molecule has 0 radical (unpaired) electrons. The van der Waals surface area contributed by atoms with E-state index in [-0.39, 0.29) is 0 Å². The third-order valence-corrected chi connectivity index (χ3v) is 5.16. The minimum absolute atomic E-state index is 0.371. The molecule has 128 valence electrons. The summed E-state index contributed by atoms with van der Waals surface area (Å²) < 4.78 is 0. The second-order valence-electron chi connectivity index (χ2n) is 6.73. The van der Waals surface area contributed by atoms with Crippen LogP contribution in [0.1, 0.15) is 36.8 Å². The first-order valence-corrected chi connectivity index (χ1v) is 9.01. The Morgan fingerprint density at radius 2 is 1.44 bits per heavy atom. The number of benzene rings is 2. The van der Waals surface area contributed by atoms with Crippen molar-refractivity contribution in [2.75, 3.05) is 19.6 Å². The van der Waals surface area contributed by atoms with E-state index in [4.69, 9.17) is 0 Å². The summed E-state index contributed by atoms with van der Waals surface area (Å²) in [4.78, 5) is 13.7.